The standard InChI is InChI=1S/C13H14N4O4/c1-20-8-6-10(14-7-8)13-15-12(16-21-13)9-4-2-3-5-11(9)17(18)19/h2-5,8,10,14H,6-7H2,1H3. The first kappa shape index (κ1) is 13.7. The Labute approximate surface area is 120 Å². The summed E-state index contributed by atoms with van der Waals surface area (Å²) in [5.74, 6) is 0.641. The third kappa shape index (κ3) is 2.63. The molecule has 1 saturated heterocycles. The zero-order valence-corrected chi connectivity index (χ0v) is 11.4. The molecule has 0 spiro atoms. The number of aromatic nitrogens is 2. The fraction of sp³-hybridized carbons (Fsp3) is 0.385. The van der Waals surface area contributed by atoms with Crippen LogP contribution < -0.4 is 5.32 Å². The molecule has 1 N–H and O–H groups in total. The molecule has 2 atom stereocenters. The summed E-state index contributed by atoms with van der Waals surface area (Å²) in [6.45, 7) is 0.713. The number of ether oxygens (including phenoxy) is 1. The molecule has 2 aromatic rings. The van der Waals surface area contributed by atoms with Gasteiger partial charge in [-0.2, -0.15) is 4.98 Å². The number of rotatable bonds is 4. The van der Waals surface area contributed by atoms with Crippen LogP contribution in [0.4, 0.5) is 5.69 Å². The van der Waals surface area contributed by atoms with Crippen molar-refractivity contribution in [3.8, 4) is 11.4 Å². The van der Waals surface area contributed by atoms with Crippen molar-refractivity contribution >= 4 is 5.69 Å². The minimum Gasteiger partial charge on any atom is -0.380 e. The van der Waals surface area contributed by atoms with Crippen molar-refractivity contribution in [2.24, 2.45) is 0 Å². The molecular weight excluding hydrogens is 276 g/mol. The maximum Gasteiger partial charge on any atom is 0.280 e. The fourth-order valence-electron chi connectivity index (χ4n) is 2.38. The van der Waals surface area contributed by atoms with Crippen LogP contribution in [0.2, 0.25) is 0 Å². The van der Waals surface area contributed by atoms with Crippen LogP contribution in [0.5, 0.6) is 0 Å². The van der Waals surface area contributed by atoms with Crippen molar-refractivity contribution in [1.82, 2.24) is 15.5 Å². The Kier molecular flexibility index (Phi) is 3.63. The van der Waals surface area contributed by atoms with Crippen LogP contribution in [0, 0.1) is 10.1 Å². The number of para-hydroxylation sites is 1. The molecular formula is C13H14N4O4. The molecule has 2 heterocycles. The van der Waals surface area contributed by atoms with Crippen LogP contribution in [0.25, 0.3) is 11.4 Å². The summed E-state index contributed by atoms with van der Waals surface area (Å²) in [6.07, 6.45) is 0.839. The zero-order chi connectivity index (χ0) is 14.8. The topological polar surface area (TPSA) is 103 Å². The Bertz CT molecular complexity index is 657. The molecule has 110 valence electrons. The first-order valence-corrected chi connectivity index (χ1v) is 6.52. The van der Waals surface area contributed by atoms with Crippen LogP contribution in [0.3, 0.4) is 0 Å². The number of nitrogens with one attached hydrogen (secondary N) is 1. The maximum atomic E-state index is 11.0. The average molecular weight is 290 g/mol. The van der Waals surface area contributed by atoms with Gasteiger partial charge in [0.25, 0.3) is 5.69 Å². The zero-order valence-electron chi connectivity index (χ0n) is 11.4. The van der Waals surface area contributed by atoms with E-state index >= 15 is 0 Å². The highest BCUT2D eigenvalue weighted by Crippen LogP contribution is 2.30. The minimum atomic E-state index is -0.458. The number of hydrogen-bond donors (Lipinski definition) is 1. The SMILES string of the molecule is COC1CNC(c2nc(-c3ccccc3[N+](=O)[O-])no2)C1. The van der Waals surface area contributed by atoms with E-state index in [0.29, 0.717) is 18.0 Å². The van der Waals surface area contributed by atoms with E-state index < -0.39 is 4.92 Å². The van der Waals surface area contributed by atoms with Gasteiger partial charge in [-0.3, -0.25) is 10.1 Å². The lowest BCUT2D eigenvalue weighted by molar-refractivity contribution is -0.384. The Morgan fingerprint density at radius 2 is 2.29 bits per heavy atom. The third-order valence-corrected chi connectivity index (χ3v) is 3.51. The van der Waals surface area contributed by atoms with Crippen molar-refractivity contribution in [2.45, 2.75) is 18.6 Å². The first-order valence-electron chi connectivity index (χ1n) is 6.52. The molecule has 1 aromatic carbocycles. The number of nitrogens with zero attached hydrogens (tertiary/aromatic N) is 3. The molecule has 8 heteroatoms. The monoisotopic (exact) mass is 290 g/mol. The second-order valence-electron chi connectivity index (χ2n) is 4.78. The molecule has 8 nitrogen and oxygen atoms in total. The molecule has 3 rings (SSSR count). The van der Waals surface area contributed by atoms with E-state index in [9.17, 15) is 10.1 Å². The van der Waals surface area contributed by atoms with Crippen LogP contribution >= 0.6 is 0 Å². The number of methoxy groups -OCH3 is 1. The summed E-state index contributed by atoms with van der Waals surface area (Å²) in [4.78, 5) is 14.8. The van der Waals surface area contributed by atoms with E-state index in [-0.39, 0.29) is 23.7 Å². The number of benzene rings is 1. The predicted molar refractivity (Wildman–Crippen MR) is 72.5 cm³/mol. The van der Waals surface area contributed by atoms with Crippen molar-refractivity contribution in [3.63, 3.8) is 0 Å². The van der Waals surface area contributed by atoms with E-state index in [1.165, 1.54) is 6.07 Å². The Hall–Kier alpha value is -2.32. The molecule has 1 aliphatic rings. The van der Waals surface area contributed by atoms with Gasteiger partial charge >= 0.3 is 0 Å². The fourth-order valence-corrected chi connectivity index (χ4v) is 2.38. The van der Waals surface area contributed by atoms with E-state index in [1.54, 1.807) is 25.3 Å². The molecule has 0 radical (unpaired) electrons. The molecule has 0 saturated carbocycles. The molecule has 1 aliphatic heterocycles. The van der Waals surface area contributed by atoms with Crippen LogP contribution in [0.1, 0.15) is 18.4 Å². The van der Waals surface area contributed by atoms with E-state index in [1.807, 2.05) is 0 Å². The normalized spacial score (nSPS) is 21.6. The summed E-state index contributed by atoms with van der Waals surface area (Å²) in [5.41, 5.74) is 0.304. The van der Waals surface area contributed by atoms with Crippen molar-refractivity contribution in [1.29, 1.82) is 0 Å². The number of nitro benzene ring substituents is 1. The first-order chi connectivity index (χ1) is 10.2. The quantitative estimate of drug-likeness (QED) is 0.675. The summed E-state index contributed by atoms with van der Waals surface area (Å²) >= 11 is 0. The highest BCUT2D eigenvalue weighted by molar-refractivity contribution is 5.67. The second kappa shape index (κ2) is 5.58. The smallest absolute Gasteiger partial charge is 0.280 e. The second-order valence-corrected chi connectivity index (χ2v) is 4.78. The van der Waals surface area contributed by atoms with Gasteiger partial charge in [0, 0.05) is 19.7 Å². The summed E-state index contributed by atoms with van der Waals surface area (Å²) in [6, 6.07) is 6.24. The molecule has 0 amide bonds. The Morgan fingerprint density at radius 1 is 1.48 bits per heavy atom. The summed E-state index contributed by atoms with van der Waals surface area (Å²) in [7, 11) is 1.65. The largest absolute Gasteiger partial charge is 0.380 e. The molecule has 0 bridgehead atoms. The van der Waals surface area contributed by atoms with Crippen LogP contribution in [-0.2, 0) is 4.74 Å². The van der Waals surface area contributed by atoms with Gasteiger partial charge in [-0.25, -0.2) is 0 Å². The van der Waals surface area contributed by atoms with E-state index in [2.05, 4.69) is 15.5 Å². The van der Waals surface area contributed by atoms with E-state index in [4.69, 9.17) is 9.26 Å². The van der Waals surface area contributed by atoms with Gasteiger partial charge in [0.2, 0.25) is 11.7 Å². The lowest BCUT2D eigenvalue weighted by Gasteiger charge is -2.04. The average Bonchev–Trinajstić information content (AvgIpc) is 3.16. The minimum absolute atomic E-state index is 0.0426. The summed E-state index contributed by atoms with van der Waals surface area (Å²) < 4.78 is 10.5. The molecule has 0 aliphatic carbocycles. The van der Waals surface area contributed by atoms with E-state index in [0.717, 1.165) is 6.42 Å². The van der Waals surface area contributed by atoms with Crippen LogP contribution in [-0.4, -0.2) is 34.8 Å². The number of nitro groups is 1. The Morgan fingerprint density at radius 3 is 3.00 bits per heavy atom. The van der Waals surface area contributed by atoms with Gasteiger partial charge < -0.3 is 14.6 Å². The van der Waals surface area contributed by atoms with Gasteiger partial charge in [0.05, 0.1) is 17.1 Å². The molecule has 2 unspecified atom stereocenters. The van der Waals surface area contributed by atoms with Crippen molar-refractivity contribution in [2.75, 3.05) is 13.7 Å². The summed E-state index contributed by atoms with van der Waals surface area (Å²) in [5, 5.41) is 18.1. The predicted octanol–water partition coefficient (Wildman–Crippen LogP) is 1.69. The molecule has 1 aromatic heterocycles. The van der Waals surface area contributed by atoms with Gasteiger partial charge in [-0.1, -0.05) is 17.3 Å². The van der Waals surface area contributed by atoms with Gasteiger partial charge in [-0.15, -0.1) is 0 Å². The third-order valence-electron chi connectivity index (χ3n) is 3.51. The van der Waals surface area contributed by atoms with Gasteiger partial charge in [0.1, 0.15) is 5.56 Å². The van der Waals surface area contributed by atoms with Crippen molar-refractivity contribution < 1.29 is 14.2 Å². The highest BCUT2D eigenvalue weighted by Gasteiger charge is 2.30. The number of hydrogen-bond acceptors (Lipinski definition) is 7. The molecule has 1 fully saturated rings. The molecule has 21 heavy (non-hydrogen) atoms. The Balaban J connectivity index is 1.87. The maximum absolute atomic E-state index is 11.0. The lowest BCUT2D eigenvalue weighted by Crippen LogP contribution is -2.16. The van der Waals surface area contributed by atoms with Gasteiger partial charge in [0.15, 0.2) is 0 Å². The van der Waals surface area contributed by atoms with Crippen molar-refractivity contribution in [3.05, 3.63) is 40.3 Å². The highest BCUT2D eigenvalue weighted by atomic mass is 16.6. The van der Waals surface area contributed by atoms with Crippen LogP contribution in [0.15, 0.2) is 28.8 Å². The van der Waals surface area contributed by atoms with Gasteiger partial charge in [-0.05, 0) is 12.5 Å². The lowest BCUT2D eigenvalue weighted by atomic mass is 10.1.